The minimum atomic E-state index is -0.822. The van der Waals surface area contributed by atoms with Crippen LogP contribution in [0.15, 0.2) is 47.1 Å². The van der Waals surface area contributed by atoms with E-state index in [9.17, 15) is 9.59 Å². The Labute approximate surface area is 118 Å². The van der Waals surface area contributed by atoms with Crippen LogP contribution in [0.5, 0.6) is 0 Å². The molecule has 0 aliphatic rings. The van der Waals surface area contributed by atoms with Gasteiger partial charge in [0.05, 0.1) is 0 Å². The number of carbonyl (C=O) groups is 2. The summed E-state index contributed by atoms with van der Waals surface area (Å²) in [4.78, 5) is 26.6. The van der Waals surface area contributed by atoms with Crippen molar-refractivity contribution in [1.29, 1.82) is 0 Å². The number of esters is 1. The van der Waals surface area contributed by atoms with Crippen molar-refractivity contribution >= 4 is 27.7 Å². The maximum atomic E-state index is 12.0. The van der Waals surface area contributed by atoms with Gasteiger partial charge in [-0.05, 0) is 28.9 Å². The molecule has 0 amide bonds. The van der Waals surface area contributed by atoms with Gasteiger partial charge in [-0.15, -0.1) is 0 Å². The molecule has 1 aromatic heterocycles. The number of benzene rings is 1. The molecule has 1 heterocycles. The number of hydrogen-bond acceptors (Lipinski definition) is 3. The Balaban J connectivity index is 2.03. The molecule has 0 spiro atoms. The second-order valence-corrected chi connectivity index (χ2v) is 4.93. The molecule has 5 heteroatoms. The number of nitrogens with one attached hydrogen (secondary N) is 1. The number of carbonyl (C=O) groups excluding carboxylic acids is 2. The summed E-state index contributed by atoms with van der Waals surface area (Å²) < 4.78 is 5.88. The standard InChI is InChI=1S/C14H12BrNO3/c1-9(13(17)10-5-3-2-4-6-10)19-14(18)12-7-11(15)8-16-12/h2-9,16H,1H3/t9-/m0/s1. The fourth-order valence-electron chi connectivity index (χ4n) is 1.60. The van der Waals surface area contributed by atoms with E-state index >= 15 is 0 Å². The summed E-state index contributed by atoms with van der Waals surface area (Å²) in [6, 6.07) is 10.3. The molecular weight excluding hydrogens is 310 g/mol. The summed E-state index contributed by atoms with van der Waals surface area (Å²) in [7, 11) is 0. The van der Waals surface area contributed by atoms with E-state index in [4.69, 9.17) is 4.74 Å². The van der Waals surface area contributed by atoms with Crippen LogP contribution in [-0.2, 0) is 4.74 Å². The number of halogens is 1. The summed E-state index contributed by atoms with van der Waals surface area (Å²) in [6.45, 7) is 1.56. The Morgan fingerprint density at radius 3 is 2.53 bits per heavy atom. The Kier molecular flexibility index (Phi) is 4.16. The number of hydrogen-bond donors (Lipinski definition) is 1. The van der Waals surface area contributed by atoms with Gasteiger partial charge in [0.25, 0.3) is 0 Å². The Hall–Kier alpha value is -1.88. The van der Waals surface area contributed by atoms with Crippen molar-refractivity contribution in [2.75, 3.05) is 0 Å². The predicted molar refractivity (Wildman–Crippen MR) is 74.1 cm³/mol. The van der Waals surface area contributed by atoms with Crippen molar-refractivity contribution in [3.63, 3.8) is 0 Å². The van der Waals surface area contributed by atoms with Crippen LogP contribution in [0.25, 0.3) is 0 Å². The SMILES string of the molecule is C[C@H](OC(=O)c1cc(Br)c[nH]1)C(=O)c1ccccc1. The van der Waals surface area contributed by atoms with Crippen LogP contribution in [-0.4, -0.2) is 22.8 Å². The zero-order valence-corrected chi connectivity index (χ0v) is 11.8. The molecule has 2 aromatic rings. The normalized spacial score (nSPS) is 11.9. The molecule has 0 saturated heterocycles. The molecule has 0 saturated carbocycles. The van der Waals surface area contributed by atoms with Crippen LogP contribution in [0.3, 0.4) is 0 Å². The van der Waals surface area contributed by atoms with Gasteiger partial charge in [-0.25, -0.2) is 4.79 Å². The Morgan fingerprint density at radius 2 is 1.95 bits per heavy atom. The molecule has 0 radical (unpaired) electrons. The molecule has 0 aliphatic heterocycles. The molecule has 98 valence electrons. The summed E-state index contributed by atoms with van der Waals surface area (Å²) in [5, 5.41) is 0. The van der Waals surface area contributed by atoms with Crippen molar-refractivity contribution in [2.45, 2.75) is 13.0 Å². The topological polar surface area (TPSA) is 59.2 Å². The minimum absolute atomic E-state index is 0.223. The van der Waals surface area contributed by atoms with Gasteiger partial charge in [0.15, 0.2) is 6.10 Å². The lowest BCUT2D eigenvalue weighted by Gasteiger charge is -2.11. The van der Waals surface area contributed by atoms with E-state index in [0.29, 0.717) is 11.3 Å². The van der Waals surface area contributed by atoms with E-state index in [1.165, 1.54) is 0 Å². The highest BCUT2D eigenvalue weighted by Gasteiger charge is 2.20. The third kappa shape index (κ3) is 3.32. The van der Waals surface area contributed by atoms with Crippen LogP contribution in [0.4, 0.5) is 0 Å². The maximum Gasteiger partial charge on any atom is 0.355 e. The molecule has 1 N–H and O–H groups in total. The second-order valence-electron chi connectivity index (χ2n) is 4.01. The van der Waals surface area contributed by atoms with Crippen molar-refractivity contribution < 1.29 is 14.3 Å². The average molecular weight is 322 g/mol. The smallest absolute Gasteiger partial charge is 0.355 e. The lowest BCUT2D eigenvalue weighted by atomic mass is 10.1. The first-order chi connectivity index (χ1) is 9.08. The fraction of sp³-hybridized carbons (Fsp3) is 0.143. The molecule has 1 atom stereocenters. The van der Waals surface area contributed by atoms with Crippen LogP contribution in [0.2, 0.25) is 0 Å². The van der Waals surface area contributed by atoms with Gasteiger partial charge in [-0.2, -0.15) is 0 Å². The first-order valence-corrected chi connectivity index (χ1v) is 6.51. The first-order valence-electron chi connectivity index (χ1n) is 5.72. The number of Topliss-reactive ketones (excluding diaryl/α,β-unsaturated/α-hetero) is 1. The summed E-state index contributed by atoms with van der Waals surface area (Å²) >= 11 is 3.23. The Morgan fingerprint density at radius 1 is 1.26 bits per heavy atom. The molecule has 0 bridgehead atoms. The maximum absolute atomic E-state index is 12.0. The highest BCUT2D eigenvalue weighted by Crippen LogP contribution is 2.13. The van der Waals surface area contributed by atoms with Crippen LogP contribution in [0, 0.1) is 0 Å². The molecular formula is C14H12BrNO3. The van der Waals surface area contributed by atoms with Crippen molar-refractivity contribution in [3.05, 3.63) is 58.3 Å². The van der Waals surface area contributed by atoms with E-state index in [1.807, 2.05) is 6.07 Å². The number of ether oxygens (including phenoxy) is 1. The largest absolute Gasteiger partial charge is 0.450 e. The molecule has 1 aromatic carbocycles. The predicted octanol–water partition coefficient (Wildman–Crippen LogP) is 3.21. The van der Waals surface area contributed by atoms with Crippen LogP contribution < -0.4 is 0 Å². The molecule has 0 unspecified atom stereocenters. The minimum Gasteiger partial charge on any atom is -0.450 e. The van der Waals surface area contributed by atoms with Gasteiger partial charge < -0.3 is 9.72 Å². The second kappa shape index (κ2) is 5.84. The van der Waals surface area contributed by atoms with Crippen LogP contribution in [0.1, 0.15) is 27.8 Å². The van der Waals surface area contributed by atoms with Crippen molar-refractivity contribution in [1.82, 2.24) is 4.98 Å². The highest BCUT2D eigenvalue weighted by atomic mass is 79.9. The van der Waals surface area contributed by atoms with E-state index in [1.54, 1.807) is 43.5 Å². The number of ketones is 1. The van der Waals surface area contributed by atoms with Gasteiger partial charge in [-0.3, -0.25) is 4.79 Å². The van der Waals surface area contributed by atoms with E-state index in [-0.39, 0.29) is 5.78 Å². The van der Waals surface area contributed by atoms with Gasteiger partial charge in [-0.1, -0.05) is 30.3 Å². The highest BCUT2D eigenvalue weighted by molar-refractivity contribution is 9.10. The summed E-state index contributed by atoms with van der Waals surface area (Å²) in [5.74, 6) is -0.776. The zero-order chi connectivity index (χ0) is 13.8. The lowest BCUT2D eigenvalue weighted by Crippen LogP contribution is -2.24. The first kappa shape index (κ1) is 13.5. The van der Waals surface area contributed by atoms with Crippen molar-refractivity contribution in [2.24, 2.45) is 0 Å². The number of aromatic nitrogens is 1. The zero-order valence-electron chi connectivity index (χ0n) is 10.2. The van der Waals surface area contributed by atoms with E-state index < -0.39 is 12.1 Å². The van der Waals surface area contributed by atoms with Crippen molar-refractivity contribution in [3.8, 4) is 0 Å². The van der Waals surface area contributed by atoms with Crippen LogP contribution >= 0.6 is 15.9 Å². The lowest BCUT2D eigenvalue weighted by molar-refractivity contribution is 0.0314. The van der Waals surface area contributed by atoms with Gasteiger partial charge in [0.2, 0.25) is 5.78 Å². The third-order valence-electron chi connectivity index (χ3n) is 2.58. The monoisotopic (exact) mass is 321 g/mol. The average Bonchev–Trinajstić information content (AvgIpc) is 2.85. The summed E-state index contributed by atoms with van der Waals surface area (Å²) in [6.07, 6.45) is 0.803. The quantitative estimate of drug-likeness (QED) is 0.695. The number of rotatable bonds is 4. The molecule has 2 rings (SSSR count). The summed E-state index contributed by atoms with van der Waals surface area (Å²) in [5.41, 5.74) is 0.829. The molecule has 4 nitrogen and oxygen atoms in total. The van der Waals surface area contributed by atoms with E-state index in [0.717, 1.165) is 4.47 Å². The molecule has 0 aliphatic carbocycles. The van der Waals surface area contributed by atoms with Gasteiger partial charge in [0.1, 0.15) is 5.69 Å². The molecule has 0 fully saturated rings. The van der Waals surface area contributed by atoms with E-state index in [2.05, 4.69) is 20.9 Å². The molecule has 19 heavy (non-hydrogen) atoms. The fourth-order valence-corrected chi connectivity index (χ4v) is 1.94. The van der Waals surface area contributed by atoms with Gasteiger partial charge in [0, 0.05) is 16.2 Å². The Bertz CT molecular complexity index is 592. The third-order valence-corrected chi connectivity index (χ3v) is 3.04. The van der Waals surface area contributed by atoms with Gasteiger partial charge >= 0.3 is 5.97 Å². The number of aromatic amines is 1. The number of H-pyrrole nitrogens is 1.